The minimum Gasteiger partial charge on any atom is -0.493 e. The minimum atomic E-state index is -0.515. The van der Waals surface area contributed by atoms with E-state index in [0.29, 0.717) is 29.2 Å². The maximum atomic E-state index is 12.9. The number of rotatable bonds is 8. The molecule has 0 bridgehead atoms. The summed E-state index contributed by atoms with van der Waals surface area (Å²) in [6.07, 6.45) is 1.61. The second-order valence-corrected chi connectivity index (χ2v) is 9.76. The van der Waals surface area contributed by atoms with Gasteiger partial charge in [0.2, 0.25) is 0 Å². The van der Waals surface area contributed by atoms with Crippen molar-refractivity contribution in [2.75, 3.05) is 7.11 Å². The fourth-order valence-electron chi connectivity index (χ4n) is 3.37. The van der Waals surface area contributed by atoms with Crippen molar-refractivity contribution in [3.8, 4) is 11.5 Å². The molecular formula is C25H19IN2O6S. The van der Waals surface area contributed by atoms with Crippen LogP contribution >= 0.6 is 34.4 Å². The fraction of sp³-hybridized carbons (Fsp3) is 0.120. The van der Waals surface area contributed by atoms with Gasteiger partial charge >= 0.3 is 0 Å². The largest absolute Gasteiger partial charge is 0.493 e. The topological polar surface area (TPSA) is 99.0 Å². The third-order valence-electron chi connectivity index (χ3n) is 5.13. The van der Waals surface area contributed by atoms with E-state index in [-0.39, 0.29) is 17.1 Å². The van der Waals surface area contributed by atoms with Crippen LogP contribution in [0, 0.1) is 13.7 Å². The molecule has 8 nitrogen and oxygen atoms in total. The molecule has 1 aliphatic heterocycles. The summed E-state index contributed by atoms with van der Waals surface area (Å²) in [5, 5.41) is 10.6. The Kier molecular flexibility index (Phi) is 7.71. The fourth-order valence-corrected chi connectivity index (χ4v) is 4.57. The molecule has 3 aromatic carbocycles. The first kappa shape index (κ1) is 24.7. The maximum Gasteiger partial charge on any atom is 0.293 e. The van der Waals surface area contributed by atoms with Crippen molar-refractivity contribution in [3.63, 3.8) is 0 Å². The number of amides is 2. The molecule has 3 aromatic rings. The summed E-state index contributed by atoms with van der Waals surface area (Å²) in [5.74, 6) is 0.603. The highest BCUT2D eigenvalue weighted by molar-refractivity contribution is 14.1. The van der Waals surface area contributed by atoms with Crippen LogP contribution in [0.5, 0.6) is 11.5 Å². The van der Waals surface area contributed by atoms with Crippen molar-refractivity contribution in [3.05, 3.63) is 102 Å². The molecule has 0 saturated carbocycles. The molecule has 10 heteroatoms. The highest BCUT2D eigenvalue weighted by atomic mass is 127. The molecule has 1 fully saturated rings. The molecule has 2 amide bonds. The van der Waals surface area contributed by atoms with Crippen molar-refractivity contribution in [2.45, 2.75) is 13.2 Å². The minimum absolute atomic E-state index is 0.0433. The SMILES string of the molecule is COc1cc(/C=C2\SC(=O)N(Cc3cccc([N+](=O)[O-])c3)C2=O)ccc1OCc1ccc(I)cc1. The average molecular weight is 602 g/mol. The highest BCUT2D eigenvalue weighted by Gasteiger charge is 2.35. The van der Waals surface area contributed by atoms with Crippen LogP contribution in [0.1, 0.15) is 16.7 Å². The Morgan fingerprint density at radius 2 is 1.80 bits per heavy atom. The Bertz CT molecular complexity index is 1330. The molecule has 0 spiro atoms. The van der Waals surface area contributed by atoms with Gasteiger partial charge in [-0.1, -0.05) is 30.3 Å². The van der Waals surface area contributed by atoms with E-state index in [1.54, 1.807) is 30.3 Å². The molecule has 178 valence electrons. The van der Waals surface area contributed by atoms with Crippen LogP contribution in [0.25, 0.3) is 6.08 Å². The number of hydrogen-bond donors (Lipinski definition) is 0. The third-order valence-corrected chi connectivity index (χ3v) is 6.76. The lowest BCUT2D eigenvalue weighted by atomic mass is 10.1. The Morgan fingerprint density at radius 1 is 1.03 bits per heavy atom. The summed E-state index contributed by atoms with van der Waals surface area (Å²) in [5.41, 5.74) is 2.10. The molecule has 0 N–H and O–H groups in total. The van der Waals surface area contributed by atoms with Gasteiger partial charge in [-0.25, -0.2) is 0 Å². The number of halogens is 1. The number of nitro benzene ring substituents is 1. The molecule has 4 rings (SSSR count). The van der Waals surface area contributed by atoms with Crippen molar-refractivity contribution in [1.82, 2.24) is 4.90 Å². The smallest absolute Gasteiger partial charge is 0.293 e. The second kappa shape index (κ2) is 10.9. The summed E-state index contributed by atoms with van der Waals surface area (Å²) in [6.45, 7) is 0.335. The van der Waals surface area contributed by atoms with Gasteiger partial charge in [0.1, 0.15) is 6.61 Å². The van der Waals surface area contributed by atoms with Gasteiger partial charge < -0.3 is 9.47 Å². The quantitative estimate of drug-likeness (QED) is 0.135. The lowest BCUT2D eigenvalue weighted by Gasteiger charge is -2.12. The van der Waals surface area contributed by atoms with E-state index >= 15 is 0 Å². The molecule has 35 heavy (non-hydrogen) atoms. The van der Waals surface area contributed by atoms with Crippen LogP contribution in [0.3, 0.4) is 0 Å². The van der Waals surface area contributed by atoms with Crippen LogP contribution in [-0.4, -0.2) is 28.1 Å². The van der Waals surface area contributed by atoms with E-state index in [4.69, 9.17) is 9.47 Å². The number of ether oxygens (including phenoxy) is 2. The van der Waals surface area contributed by atoms with E-state index in [9.17, 15) is 19.7 Å². The number of nitro groups is 1. The lowest BCUT2D eigenvalue weighted by Crippen LogP contribution is -2.27. The van der Waals surface area contributed by atoms with E-state index in [0.717, 1.165) is 25.8 Å². The van der Waals surface area contributed by atoms with Crippen LogP contribution in [-0.2, 0) is 17.9 Å². The molecule has 0 atom stereocenters. The van der Waals surface area contributed by atoms with Crippen LogP contribution in [0.4, 0.5) is 10.5 Å². The summed E-state index contributed by atoms with van der Waals surface area (Å²) in [6, 6.07) is 19.1. The van der Waals surface area contributed by atoms with E-state index in [1.807, 2.05) is 24.3 Å². The van der Waals surface area contributed by atoms with Gasteiger partial charge in [0.15, 0.2) is 11.5 Å². The third kappa shape index (κ3) is 6.01. The van der Waals surface area contributed by atoms with Gasteiger partial charge in [-0.3, -0.25) is 24.6 Å². The van der Waals surface area contributed by atoms with Gasteiger partial charge in [-0.2, -0.15) is 0 Å². The molecule has 0 aromatic heterocycles. The molecule has 0 unspecified atom stereocenters. The van der Waals surface area contributed by atoms with Gasteiger partial charge in [-0.05, 0) is 81.4 Å². The van der Waals surface area contributed by atoms with Crippen LogP contribution in [0.2, 0.25) is 0 Å². The summed E-state index contributed by atoms with van der Waals surface area (Å²) in [7, 11) is 1.53. The summed E-state index contributed by atoms with van der Waals surface area (Å²) in [4.78, 5) is 37.2. The maximum absolute atomic E-state index is 12.9. The normalized spacial score (nSPS) is 14.5. The number of thioether (sulfide) groups is 1. The van der Waals surface area contributed by atoms with Gasteiger partial charge in [0, 0.05) is 15.7 Å². The van der Waals surface area contributed by atoms with E-state index in [2.05, 4.69) is 22.6 Å². The average Bonchev–Trinajstić information content (AvgIpc) is 3.11. The molecular weight excluding hydrogens is 583 g/mol. The molecule has 1 aliphatic rings. The Hall–Kier alpha value is -3.38. The van der Waals surface area contributed by atoms with Crippen molar-refractivity contribution < 1.29 is 24.0 Å². The molecule has 1 saturated heterocycles. The van der Waals surface area contributed by atoms with Crippen molar-refractivity contribution >= 4 is 57.3 Å². The number of non-ortho nitro benzene ring substituents is 1. The Labute approximate surface area is 219 Å². The zero-order valence-corrected chi connectivity index (χ0v) is 21.4. The monoisotopic (exact) mass is 602 g/mol. The Morgan fingerprint density at radius 3 is 2.51 bits per heavy atom. The van der Waals surface area contributed by atoms with Crippen LogP contribution in [0.15, 0.2) is 71.6 Å². The molecule has 1 heterocycles. The van der Waals surface area contributed by atoms with E-state index in [1.165, 1.54) is 25.3 Å². The number of imide groups is 1. The summed E-state index contributed by atoms with van der Waals surface area (Å²) >= 11 is 3.07. The molecule has 0 aliphatic carbocycles. The van der Waals surface area contributed by atoms with Crippen molar-refractivity contribution in [1.29, 1.82) is 0 Å². The second-order valence-electron chi connectivity index (χ2n) is 7.52. The van der Waals surface area contributed by atoms with Crippen molar-refractivity contribution in [2.24, 2.45) is 0 Å². The van der Waals surface area contributed by atoms with Gasteiger partial charge in [0.05, 0.1) is 23.5 Å². The Balaban J connectivity index is 1.48. The molecule has 0 radical (unpaired) electrons. The number of methoxy groups -OCH3 is 1. The first-order valence-electron chi connectivity index (χ1n) is 10.4. The predicted molar refractivity (Wildman–Crippen MR) is 141 cm³/mol. The standard InChI is InChI=1S/C25H19IN2O6S/c1-33-22-12-17(7-10-21(22)34-15-16-5-8-19(26)9-6-16)13-23-24(29)27(25(30)35-23)14-18-3-2-4-20(11-18)28(31)32/h2-13H,14-15H2,1H3/b23-13-. The first-order chi connectivity index (χ1) is 16.8. The number of nitrogens with zero attached hydrogens (tertiary/aromatic N) is 2. The zero-order chi connectivity index (χ0) is 24.9. The highest BCUT2D eigenvalue weighted by Crippen LogP contribution is 2.35. The van der Waals surface area contributed by atoms with Crippen LogP contribution < -0.4 is 9.47 Å². The number of carbonyl (C=O) groups excluding carboxylic acids is 2. The predicted octanol–water partition coefficient (Wildman–Crippen LogP) is 6.02. The summed E-state index contributed by atoms with van der Waals surface area (Å²) < 4.78 is 12.5. The number of benzene rings is 3. The lowest BCUT2D eigenvalue weighted by molar-refractivity contribution is -0.384. The zero-order valence-electron chi connectivity index (χ0n) is 18.5. The number of carbonyl (C=O) groups is 2. The van der Waals surface area contributed by atoms with Gasteiger partial charge in [-0.15, -0.1) is 0 Å². The van der Waals surface area contributed by atoms with E-state index < -0.39 is 16.1 Å². The first-order valence-corrected chi connectivity index (χ1v) is 12.3. The number of hydrogen-bond acceptors (Lipinski definition) is 7. The van der Waals surface area contributed by atoms with Gasteiger partial charge in [0.25, 0.3) is 16.8 Å².